The van der Waals surface area contributed by atoms with E-state index in [4.69, 9.17) is 18.9 Å². The number of methoxy groups -OCH3 is 2. The van der Waals surface area contributed by atoms with Gasteiger partial charge in [0.05, 0.1) is 14.2 Å². The lowest BCUT2D eigenvalue weighted by Crippen LogP contribution is -2.42. The van der Waals surface area contributed by atoms with Gasteiger partial charge in [0.15, 0.2) is 0 Å². The molecule has 3 aliphatic heterocycles. The highest BCUT2D eigenvalue weighted by molar-refractivity contribution is 5.84. The van der Waals surface area contributed by atoms with Crippen LogP contribution in [0.5, 0.6) is 0 Å². The van der Waals surface area contributed by atoms with Gasteiger partial charge in [-0.05, 0) is 0 Å². The molecule has 0 N–H and O–H groups in total. The minimum absolute atomic E-state index is 0.0463. The first-order chi connectivity index (χ1) is 7.69. The second-order valence-electron chi connectivity index (χ2n) is 4.23. The zero-order chi connectivity index (χ0) is 11.4. The van der Waals surface area contributed by atoms with Gasteiger partial charge < -0.3 is 18.9 Å². The number of fused-ring (bicyclic) bond motifs is 5. The molecule has 0 saturated carbocycles. The van der Waals surface area contributed by atoms with Crippen LogP contribution in [-0.4, -0.2) is 50.6 Å². The maximum absolute atomic E-state index is 11.6. The molecule has 0 spiro atoms. The van der Waals surface area contributed by atoms with Crippen molar-refractivity contribution in [3.8, 4) is 0 Å². The van der Waals surface area contributed by atoms with Gasteiger partial charge in [0.1, 0.15) is 36.3 Å². The van der Waals surface area contributed by atoms with Gasteiger partial charge in [-0.1, -0.05) is 0 Å². The number of ether oxygens (including phenoxy) is 4. The van der Waals surface area contributed by atoms with Crippen LogP contribution in [0, 0.1) is 11.8 Å². The molecule has 3 heterocycles. The number of hydrogen-bond acceptors (Lipinski definition) is 6. The summed E-state index contributed by atoms with van der Waals surface area (Å²) in [7, 11) is 2.60. The van der Waals surface area contributed by atoms with Crippen molar-refractivity contribution >= 4 is 11.9 Å². The molecule has 0 unspecified atom stereocenters. The lowest BCUT2D eigenvalue weighted by atomic mass is 9.79. The fourth-order valence-corrected chi connectivity index (χ4v) is 2.82. The number of carbonyl (C=O) groups is 2. The number of epoxide rings is 1. The van der Waals surface area contributed by atoms with E-state index >= 15 is 0 Å². The summed E-state index contributed by atoms with van der Waals surface area (Å²) in [6.45, 7) is 0. The molecule has 3 saturated heterocycles. The third-order valence-electron chi connectivity index (χ3n) is 3.56. The molecule has 0 amide bonds. The Kier molecular flexibility index (Phi) is 1.99. The zero-order valence-electron chi connectivity index (χ0n) is 8.91. The third kappa shape index (κ3) is 1.08. The summed E-state index contributed by atoms with van der Waals surface area (Å²) >= 11 is 0. The normalized spacial score (nSPS) is 47.4. The van der Waals surface area contributed by atoms with E-state index < -0.39 is 23.8 Å². The first-order valence-electron chi connectivity index (χ1n) is 5.15. The molecule has 0 aromatic carbocycles. The molecule has 3 fully saturated rings. The monoisotopic (exact) mass is 228 g/mol. The van der Waals surface area contributed by atoms with Crippen molar-refractivity contribution in [2.24, 2.45) is 11.8 Å². The molecule has 6 atom stereocenters. The Morgan fingerprint density at radius 2 is 1.19 bits per heavy atom. The van der Waals surface area contributed by atoms with Crippen molar-refractivity contribution in [1.82, 2.24) is 0 Å². The van der Waals surface area contributed by atoms with Gasteiger partial charge in [-0.3, -0.25) is 9.59 Å². The molecule has 0 aromatic heterocycles. The van der Waals surface area contributed by atoms with Crippen LogP contribution >= 0.6 is 0 Å². The van der Waals surface area contributed by atoms with Gasteiger partial charge in [-0.2, -0.15) is 0 Å². The number of rotatable bonds is 2. The minimum atomic E-state index is -0.591. The Bertz CT molecular complexity index is 321. The van der Waals surface area contributed by atoms with Gasteiger partial charge in [-0.15, -0.1) is 0 Å². The number of hydrogen-bond donors (Lipinski definition) is 0. The van der Waals surface area contributed by atoms with Crippen LogP contribution < -0.4 is 0 Å². The van der Waals surface area contributed by atoms with Crippen molar-refractivity contribution in [3.05, 3.63) is 0 Å². The first kappa shape index (κ1) is 10.0. The zero-order valence-corrected chi connectivity index (χ0v) is 8.91. The standard InChI is InChI=1S/C10H12O6/c1-13-9(11)3-4(10(12)14-2)6-8-7(16-8)5(3)15-6/h3-8H,1-2H3/t3-,4+,5-,6-,7-,8+/m1/s1. The van der Waals surface area contributed by atoms with Crippen LogP contribution in [0.1, 0.15) is 0 Å². The van der Waals surface area contributed by atoms with Crippen molar-refractivity contribution in [2.45, 2.75) is 24.4 Å². The first-order valence-corrected chi connectivity index (χ1v) is 5.15. The summed E-state index contributed by atoms with van der Waals surface area (Å²) in [5.74, 6) is -2.05. The molecule has 6 heteroatoms. The van der Waals surface area contributed by atoms with Crippen LogP contribution in [0.3, 0.4) is 0 Å². The third-order valence-corrected chi connectivity index (χ3v) is 3.56. The maximum Gasteiger partial charge on any atom is 0.312 e. The molecule has 6 nitrogen and oxygen atoms in total. The molecule has 0 radical (unpaired) electrons. The molecule has 3 rings (SSSR count). The van der Waals surface area contributed by atoms with Crippen LogP contribution in [0.25, 0.3) is 0 Å². The van der Waals surface area contributed by atoms with Crippen LogP contribution in [0.15, 0.2) is 0 Å². The lowest BCUT2D eigenvalue weighted by Gasteiger charge is -2.21. The second kappa shape index (κ2) is 3.18. The molecular weight excluding hydrogens is 216 g/mol. The summed E-state index contributed by atoms with van der Waals surface area (Å²) in [5.41, 5.74) is 0. The highest BCUT2D eigenvalue weighted by Gasteiger charge is 2.73. The smallest absolute Gasteiger partial charge is 0.312 e. The van der Waals surface area contributed by atoms with E-state index in [1.165, 1.54) is 14.2 Å². The summed E-state index contributed by atoms with van der Waals surface area (Å²) in [6.07, 6.45) is -0.803. The lowest BCUT2D eigenvalue weighted by molar-refractivity contribution is -0.157. The van der Waals surface area contributed by atoms with Crippen molar-refractivity contribution < 1.29 is 28.5 Å². The Labute approximate surface area is 91.8 Å². The summed E-state index contributed by atoms with van der Waals surface area (Å²) < 4.78 is 20.3. The Balaban J connectivity index is 1.89. The fourth-order valence-electron chi connectivity index (χ4n) is 2.82. The van der Waals surface area contributed by atoms with Gasteiger partial charge in [-0.25, -0.2) is 0 Å². The molecule has 0 aliphatic carbocycles. The van der Waals surface area contributed by atoms with E-state index in [1.807, 2.05) is 0 Å². The topological polar surface area (TPSA) is 74.4 Å². The second-order valence-corrected chi connectivity index (χ2v) is 4.23. The minimum Gasteiger partial charge on any atom is -0.469 e. The summed E-state index contributed by atoms with van der Waals surface area (Å²) in [6, 6.07) is 0. The average Bonchev–Trinajstić information content (AvgIpc) is 2.93. The van der Waals surface area contributed by atoms with Gasteiger partial charge in [0.25, 0.3) is 0 Å². The average molecular weight is 228 g/mol. The highest BCUT2D eigenvalue weighted by Crippen LogP contribution is 2.54. The quantitative estimate of drug-likeness (QED) is 0.451. The van der Waals surface area contributed by atoms with E-state index in [0.717, 1.165) is 0 Å². The van der Waals surface area contributed by atoms with Crippen LogP contribution in [0.2, 0.25) is 0 Å². The van der Waals surface area contributed by atoms with E-state index in [9.17, 15) is 9.59 Å². The van der Waals surface area contributed by atoms with Gasteiger partial charge >= 0.3 is 11.9 Å². The predicted octanol–water partition coefficient (Wildman–Crippen LogP) is -0.887. The fraction of sp³-hybridized carbons (Fsp3) is 0.800. The Hall–Kier alpha value is -1.14. The van der Waals surface area contributed by atoms with Crippen molar-refractivity contribution in [1.29, 1.82) is 0 Å². The largest absolute Gasteiger partial charge is 0.469 e. The summed E-state index contributed by atoms with van der Waals surface area (Å²) in [5, 5.41) is 0. The molecule has 88 valence electrons. The molecule has 3 aliphatic rings. The van der Waals surface area contributed by atoms with E-state index in [1.54, 1.807) is 0 Å². The van der Waals surface area contributed by atoms with Crippen molar-refractivity contribution in [2.75, 3.05) is 14.2 Å². The van der Waals surface area contributed by atoms with Crippen LogP contribution in [0.4, 0.5) is 0 Å². The number of esters is 2. The predicted molar refractivity (Wildman–Crippen MR) is 48.3 cm³/mol. The maximum atomic E-state index is 11.6. The van der Waals surface area contributed by atoms with Crippen LogP contribution in [-0.2, 0) is 28.5 Å². The Morgan fingerprint density at radius 3 is 1.56 bits per heavy atom. The summed E-state index contributed by atoms with van der Waals surface area (Å²) in [4.78, 5) is 23.3. The van der Waals surface area contributed by atoms with Gasteiger partial charge in [0, 0.05) is 0 Å². The van der Waals surface area contributed by atoms with Crippen molar-refractivity contribution in [3.63, 3.8) is 0 Å². The molecule has 2 bridgehead atoms. The van der Waals surface area contributed by atoms with E-state index in [0.29, 0.717) is 0 Å². The van der Waals surface area contributed by atoms with E-state index in [2.05, 4.69) is 0 Å². The Morgan fingerprint density at radius 1 is 0.812 bits per heavy atom. The van der Waals surface area contributed by atoms with E-state index in [-0.39, 0.29) is 24.4 Å². The SMILES string of the molecule is COC(=O)[C@@H]1[C@H]2O[C@@H]([C@H]3O[C@H]32)[C@@H]1C(=O)OC. The number of carbonyl (C=O) groups excluding carboxylic acids is 2. The highest BCUT2D eigenvalue weighted by atomic mass is 16.7. The molecule has 16 heavy (non-hydrogen) atoms. The molecular formula is C10H12O6. The molecule has 0 aromatic rings. The van der Waals surface area contributed by atoms with Gasteiger partial charge in [0.2, 0.25) is 0 Å².